The van der Waals surface area contributed by atoms with Crippen LogP contribution in [-0.2, 0) is 6.61 Å². The minimum atomic E-state index is -0.656. The third-order valence-electron chi connectivity index (χ3n) is 1.58. The third-order valence-corrected chi connectivity index (χ3v) is 2.22. The number of thiazole rings is 1. The van der Waals surface area contributed by atoms with E-state index >= 15 is 0 Å². The normalized spacial score (nSPS) is 10.2. The zero-order chi connectivity index (χ0) is 10.7. The molecule has 0 saturated carbocycles. The topological polar surface area (TPSA) is 73.9 Å². The van der Waals surface area contributed by atoms with Crippen LogP contribution < -0.4 is 10.5 Å². The monoisotopic (exact) mass is 226 g/mol. The molecule has 0 aliphatic rings. The standard InChI is InChI=1S/C8H7FN4OS/c9-6-1-11-8(13-7(6)10)14-2-5-3-15-4-12-5/h1,3-4H,2H2,(H2,10,11,13). The molecule has 0 aliphatic carbocycles. The van der Waals surface area contributed by atoms with E-state index in [4.69, 9.17) is 10.5 Å². The Labute approximate surface area is 88.8 Å². The van der Waals surface area contributed by atoms with Gasteiger partial charge in [0, 0.05) is 5.38 Å². The summed E-state index contributed by atoms with van der Waals surface area (Å²) < 4.78 is 17.9. The molecule has 2 N–H and O–H groups in total. The maximum absolute atomic E-state index is 12.7. The van der Waals surface area contributed by atoms with Gasteiger partial charge in [0.2, 0.25) is 0 Å². The van der Waals surface area contributed by atoms with Crippen molar-refractivity contribution in [3.8, 4) is 6.01 Å². The predicted octanol–water partition coefficient (Wildman–Crippen LogP) is 1.23. The van der Waals surface area contributed by atoms with E-state index in [0.29, 0.717) is 0 Å². The number of rotatable bonds is 3. The van der Waals surface area contributed by atoms with E-state index in [1.807, 2.05) is 5.38 Å². The number of nitrogens with zero attached hydrogens (tertiary/aromatic N) is 3. The first kappa shape index (κ1) is 9.78. The molecule has 78 valence electrons. The zero-order valence-corrected chi connectivity index (χ0v) is 8.37. The number of aromatic nitrogens is 3. The molecule has 7 heteroatoms. The van der Waals surface area contributed by atoms with Gasteiger partial charge in [-0.1, -0.05) is 0 Å². The molecule has 0 saturated heterocycles. The van der Waals surface area contributed by atoms with Gasteiger partial charge in [-0.15, -0.1) is 11.3 Å². The SMILES string of the molecule is Nc1nc(OCc2cscn2)ncc1F. The third kappa shape index (κ3) is 2.38. The number of halogens is 1. The van der Waals surface area contributed by atoms with Gasteiger partial charge < -0.3 is 10.5 Å². The van der Waals surface area contributed by atoms with Gasteiger partial charge in [0.05, 0.1) is 17.4 Å². The summed E-state index contributed by atoms with van der Waals surface area (Å²) >= 11 is 1.46. The van der Waals surface area contributed by atoms with Crippen molar-refractivity contribution >= 4 is 17.2 Å². The molecular formula is C8H7FN4OS. The summed E-state index contributed by atoms with van der Waals surface area (Å²) in [6.07, 6.45) is 0.971. The van der Waals surface area contributed by atoms with E-state index in [1.54, 1.807) is 5.51 Å². The van der Waals surface area contributed by atoms with Crippen LogP contribution in [0.15, 0.2) is 17.1 Å². The Bertz CT molecular complexity index is 448. The van der Waals surface area contributed by atoms with E-state index in [0.717, 1.165) is 11.9 Å². The quantitative estimate of drug-likeness (QED) is 0.852. The Kier molecular flexibility index (Phi) is 2.72. The smallest absolute Gasteiger partial charge is 0.318 e. The summed E-state index contributed by atoms with van der Waals surface area (Å²) in [6.45, 7) is 0.245. The van der Waals surface area contributed by atoms with Gasteiger partial charge in [-0.3, -0.25) is 0 Å². The van der Waals surface area contributed by atoms with E-state index in [9.17, 15) is 4.39 Å². The predicted molar refractivity (Wildman–Crippen MR) is 52.8 cm³/mol. The Morgan fingerprint density at radius 3 is 3.00 bits per heavy atom. The van der Waals surface area contributed by atoms with Crippen molar-refractivity contribution in [3.63, 3.8) is 0 Å². The number of hydrogen-bond donors (Lipinski definition) is 1. The van der Waals surface area contributed by atoms with E-state index < -0.39 is 5.82 Å². The molecule has 2 aromatic heterocycles. The molecule has 0 amide bonds. The maximum Gasteiger partial charge on any atom is 0.318 e. The molecule has 5 nitrogen and oxygen atoms in total. The molecule has 0 radical (unpaired) electrons. The highest BCUT2D eigenvalue weighted by molar-refractivity contribution is 7.07. The van der Waals surface area contributed by atoms with Crippen LogP contribution in [0.5, 0.6) is 6.01 Å². The molecule has 0 aliphatic heterocycles. The lowest BCUT2D eigenvalue weighted by molar-refractivity contribution is 0.276. The van der Waals surface area contributed by atoms with Crippen LogP contribution in [0, 0.1) is 5.82 Å². The summed E-state index contributed by atoms with van der Waals surface area (Å²) in [5, 5.41) is 1.84. The summed E-state index contributed by atoms with van der Waals surface area (Å²) in [6, 6.07) is 0.0434. The molecule has 0 spiro atoms. The minimum absolute atomic E-state index is 0.0434. The average Bonchev–Trinajstić information content (AvgIpc) is 2.73. The molecule has 15 heavy (non-hydrogen) atoms. The molecule has 0 unspecified atom stereocenters. The molecule has 0 aromatic carbocycles. The summed E-state index contributed by atoms with van der Waals surface area (Å²) in [4.78, 5) is 11.2. The van der Waals surface area contributed by atoms with Crippen molar-refractivity contribution in [3.05, 3.63) is 28.6 Å². The van der Waals surface area contributed by atoms with Crippen molar-refractivity contribution in [2.45, 2.75) is 6.61 Å². The van der Waals surface area contributed by atoms with E-state index in [-0.39, 0.29) is 18.4 Å². The second kappa shape index (κ2) is 4.18. The van der Waals surface area contributed by atoms with Gasteiger partial charge in [0.1, 0.15) is 6.61 Å². The molecule has 0 fully saturated rings. The lowest BCUT2D eigenvalue weighted by Gasteiger charge is -2.02. The van der Waals surface area contributed by atoms with Crippen LogP contribution in [0.4, 0.5) is 10.2 Å². The fourth-order valence-electron chi connectivity index (χ4n) is 0.880. The number of nitrogens with two attached hydrogens (primary N) is 1. The Morgan fingerprint density at radius 2 is 2.33 bits per heavy atom. The number of anilines is 1. The fourth-order valence-corrected chi connectivity index (χ4v) is 1.42. The highest BCUT2D eigenvalue weighted by Gasteiger charge is 2.04. The molecule has 2 aromatic rings. The van der Waals surface area contributed by atoms with Gasteiger partial charge >= 0.3 is 6.01 Å². The van der Waals surface area contributed by atoms with E-state index in [2.05, 4.69) is 15.0 Å². The highest BCUT2D eigenvalue weighted by atomic mass is 32.1. The molecule has 2 heterocycles. The van der Waals surface area contributed by atoms with Gasteiger partial charge in [-0.25, -0.2) is 14.4 Å². The fraction of sp³-hybridized carbons (Fsp3) is 0.125. The van der Waals surface area contributed by atoms with Gasteiger partial charge in [-0.05, 0) is 0 Å². The van der Waals surface area contributed by atoms with Crippen molar-refractivity contribution in [1.29, 1.82) is 0 Å². The van der Waals surface area contributed by atoms with Crippen molar-refractivity contribution < 1.29 is 9.13 Å². The lowest BCUT2D eigenvalue weighted by Crippen LogP contribution is -2.03. The Hall–Kier alpha value is -1.76. The van der Waals surface area contributed by atoms with Crippen LogP contribution in [0.1, 0.15) is 5.69 Å². The van der Waals surface area contributed by atoms with Crippen LogP contribution in [0.25, 0.3) is 0 Å². The number of ether oxygens (including phenoxy) is 1. The molecule has 0 bridgehead atoms. The zero-order valence-electron chi connectivity index (χ0n) is 7.55. The van der Waals surface area contributed by atoms with Gasteiger partial charge in [-0.2, -0.15) is 4.98 Å². The minimum Gasteiger partial charge on any atom is -0.457 e. The highest BCUT2D eigenvalue weighted by Crippen LogP contribution is 2.11. The van der Waals surface area contributed by atoms with Crippen LogP contribution in [-0.4, -0.2) is 15.0 Å². The van der Waals surface area contributed by atoms with Crippen molar-refractivity contribution in [2.24, 2.45) is 0 Å². The Balaban J connectivity index is 2.02. The number of nitrogen functional groups attached to an aromatic ring is 1. The van der Waals surface area contributed by atoms with E-state index in [1.165, 1.54) is 11.3 Å². The van der Waals surface area contributed by atoms with Gasteiger partial charge in [0.25, 0.3) is 0 Å². The maximum atomic E-state index is 12.7. The van der Waals surface area contributed by atoms with Gasteiger partial charge in [0.15, 0.2) is 11.6 Å². The first-order valence-electron chi connectivity index (χ1n) is 4.03. The van der Waals surface area contributed by atoms with Crippen LogP contribution >= 0.6 is 11.3 Å². The molecule has 0 atom stereocenters. The Morgan fingerprint density at radius 1 is 1.47 bits per heavy atom. The molecular weight excluding hydrogens is 219 g/mol. The van der Waals surface area contributed by atoms with Crippen LogP contribution in [0.2, 0.25) is 0 Å². The summed E-state index contributed by atoms with van der Waals surface area (Å²) in [7, 11) is 0. The average molecular weight is 226 g/mol. The summed E-state index contributed by atoms with van der Waals surface area (Å²) in [5.41, 5.74) is 7.71. The first-order chi connectivity index (χ1) is 7.25. The van der Waals surface area contributed by atoms with Crippen LogP contribution in [0.3, 0.4) is 0 Å². The largest absolute Gasteiger partial charge is 0.457 e. The number of hydrogen-bond acceptors (Lipinski definition) is 6. The first-order valence-corrected chi connectivity index (χ1v) is 4.98. The van der Waals surface area contributed by atoms with Crippen molar-refractivity contribution in [1.82, 2.24) is 15.0 Å². The lowest BCUT2D eigenvalue weighted by atomic mass is 10.5. The van der Waals surface area contributed by atoms with Crippen molar-refractivity contribution in [2.75, 3.05) is 5.73 Å². The second-order valence-corrected chi connectivity index (χ2v) is 3.37. The summed E-state index contributed by atoms with van der Waals surface area (Å²) in [5.74, 6) is -0.880. The molecule has 2 rings (SSSR count). The second-order valence-electron chi connectivity index (χ2n) is 2.65.